The first-order valence-corrected chi connectivity index (χ1v) is 20.8. The molecule has 59 heavy (non-hydrogen) atoms. The molecule has 308 valence electrons. The van der Waals surface area contributed by atoms with Crippen LogP contribution in [0.1, 0.15) is 116 Å². The summed E-state index contributed by atoms with van der Waals surface area (Å²) >= 11 is 0. The lowest BCUT2D eigenvalue weighted by Crippen LogP contribution is -2.57. The Balaban J connectivity index is 0.998. The van der Waals surface area contributed by atoms with Crippen molar-refractivity contribution in [1.29, 1.82) is 0 Å². The van der Waals surface area contributed by atoms with Gasteiger partial charge in [-0.1, -0.05) is 77.3 Å². The molecule has 2 amide bonds. The quantitative estimate of drug-likeness (QED) is 0.119. The molecule has 1 heterocycles. The van der Waals surface area contributed by atoms with Gasteiger partial charge in [0.15, 0.2) is 0 Å². The van der Waals surface area contributed by atoms with Gasteiger partial charge in [0, 0.05) is 29.3 Å². The van der Waals surface area contributed by atoms with Gasteiger partial charge >= 0.3 is 0 Å². The third kappa shape index (κ3) is 8.45. The van der Waals surface area contributed by atoms with Gasteiger partial charge in [0.1, 0.15) is 35.4 Å². The van der Waals surface area contributed by atoms with Crippen molar-refractivity contribution in [3.63, 3.8) is 0 Å². The van der Waals surface area contributed by atoms with E-state index in [-0.39, 0.29) is 29.4 Å². The van der Waals surface area contributed by atoms with E-state index in [2.05, 4.69) is 39.8 Å². The van der Waals surface area contributed by atoms with Gasteiger partial charge in [-0.3, -0.25) is 14.4 Å². The zero-order valence-corrected chi connectivity index (χ0v) is 35.1. The van der Waals surface area contributed by atoms with Gasteiger partial charge in [0.2, 0.25) is 0 Å². The maximum atomic E-state index is 13.9. The maximum Gasteiger partial charge on any atom is 0.278 e. The number of aliphatic hydroxyl groups excluding tert-OH is 1. The minimum Gasteiger partial charge on any atom is -0.497 e. The fraction of sp³-hybridized carbons (Fsp3) is 0.360. The highest BCUT2D eigenvalue weighted by Crippen LogP contribution is 2.44. The van der Waals surface area contributed by atoms with E-state index in [4.69, 9.17) is 19.0 Å². The summed E-state index contributed by atoms with van der Waals surface area (Å²) < 4.78 is 17.8. The highest BCUT2D eigenvalue weighted by Gasteiger charge is 2.47. The number of carbonyl (C=O) groups is 2. The summed E-state index contributed by atoms with van der Waals surface area (Å²) in [5.41, 5.74) is 4.68. The molecule has 0 radical (unpaired) electrons. The van der Waals surface area contributed by atoms with Gasteiger partial charge in [0.05, 0.1) is 19.3 Å². The van der Waals surface area contributed by atoms with Crippen LogP contribution < -0.4 is 19.1 Å². The van der Waals surface area contributed by atoms with Crippen LogP contribution in [0.3, 0.4) is 0 Å². The Morgan fingerprint density at radius 2 is 1.31 bits per heavy atom. The number of fused-ring (bicyclic) bond motifs is 1. The van der Waals surface area contributed by atoms with E-state index in [1.54, 1.807) is 49.6 Å². The second-order valence-electron chi connectivity index (χ2n) is 16.3. The molecule has 5 aromatic carbocycles. The van der Waals surface area contributed by atoms with Crippen LogP contribution in [-0.4, -0.2) is 41.7 Å². The Bertz CT molecular complexity index is 2240. The predicted molar refractivity (Wildman–Crippen MR) is 231 cm³/mol. The van der Waals surface area contributed by atoms with E-state index >= 15 is 0 Å². The van der Waals surface area contributed by atoms with Crippen molar-refractivity contribution in [3.8, 4) is 28.7 Å². The molecule has 1 fully saturated rings. The molecule has 1 N–H and O–H groups in total. The summed E-state index contributed by atoms with van der Waals surface area (Å²) in [5.74, 6) is 3.30. The summed E-state index contributed by atoms with van der Waals surface area (Å²) in [6, 6.07) is 34.1. The van der Waals surface area contributed by atoms with E-state index in [1.165, 1.54) is 24.2 Å². The van der Waals surface area contributed by atoms with E-state index in [9.17, 15) is 14.7 Å². The Hall–Kier alpha value is -5.64. The average Bonchev–Trinajstić information content (AvgIpc) is 3.28. The number of anilines is 1. The van der Waals surface area contributed by atoms with Gasteiger partial charge in [-0.2, -0.15) is 0 Å². The van der Waals surface area contributed by atoms with Crippen molar-refractivity contribution < 1.29 is 33.7 Å². The van der Waals surface area contributed by atoms with E-state index < -0.39 is 0 Å². The highest BCUT2D eigenvalue weighted by atomic mass is 16.7. The van der Waals surface area contributed by atoms with Gasteiger partial charge in [-0.25, -0.2) is 5.06 Å². The lowest BCUT2D eigenvalue weighted by Gasteiger charge is -2.49. The number of methoxy groups -OCH3 is 1. The molecular weight excluding hydrogens is 741 g/mol. The first-order valence-electron chi connectivity index (χ1n) is 20.8. The van der Waals surface area contributed by atoms with Gasteiger partial charge in [-0.05, 0) is 133 Å². The lowest BCUT2D eigenvalue weighted by atomic mass is 9.71. The molecule has 1 aliphatic heterocycles. The predicted octanol–water partition coefficient (Wildman–Crippen LogP) is 11.4. The maximum absolute atomic E-state index is 13.9. The molecule has 0 aromatic heterocycles. The second kappa shape index (κ2) is 17.7. The molecule has 0 atom stereocenters. The molecule has 1 aliphatic carbocycles. The van der Waals surface area contributed by atoms with Crippen molar-refractivity contribution in [3.05, 3.63) is 143 Å². The average molecular weight is 797 g/mol. The van der Waals surface area contributed by atoms with Crippen LogP contribution >= 0.6 is 0 Å². The van der Waals surface area contributed by atoms with E-state index in [0.29, 0.717) is 63.7 Å². The van der Waals surface area contributed by atoms with E-state index in [0.717, 1.165) is 42.4 Å². The van der Waals surface area contributed by atoms with Gasteiger partial charge in [-0.15, -0.1) is 0 Å². The smallest absolute Gasteiger partial charge is 0.278 e. The van der Waals surface area contributed by atoms with Crippen molar-refractivity contribution in [2.24, 2.45) is 5.92 Å². The molecule has 0 bridgehead atoms. The van der Waals surface area contributed by atoms with Crippen molar-refractivity contribution in [1.82, 2.24) is 5.06 Å². The first-order chi connectivity index (χ1) is 28.5. The molecule has 2 aliphatic rings. The van der Waals surface area contributed by atoms with E-state index in [1.807, 2.05) is 66.7 Å². The van der Waals surface area contributed by atoms with Crippen molar-refractivity contribution in [2.75, 3.05) is 19.1 Å². The number of amides is 2. The number of aliphatic hydroxyl groups is 1. The number of benzene rings is 5. The Morgan fingerprint density at radius 3 is 1.86 bits per heavy atom. The van der Waals surface area contributed by atoms with Crippen LogP contribution in [0.15, 0.2) is 109 Å². The van der Waals surface area contributed by atoms with Crippen molar-refractivity contribution >= 4 is 17.5 Å². The monoisotopic (exact) mass is 796 g/mol. The lowest BCUT2D eigenvalue weighted by molar-refractivity contribution is -0.219. The fourth-order valence-electron chi connectivity index (χ4n) is 8.89. The standard InChI is InChI=1S/C50H56N2O7/c1-7-50(8-2,38-12-10-9-11-13-38)52-48(55)45-29-28-43(30-35(45)33-57-52)58-41-22-15-36(16-23-41)49(3,4)37-17-24-42(25-18-37)59-44-21-14-34(32-53)46(31-44)47(54)51(5)39-19-26-40(56-6)27-20-39/h14-31,38,53H,7-13,32-33H2,1-6H3. The molecule has 1 saturated carbocycles. The molecule has 0 unspecified atom stereocenters. The topological polar surface area (TPSA) is 97.8 Å². The number of ether oxygens (including phenoxy) is 3. The first kappa shape index (κ1) is 41.5. The van der Waals surface area contributed by atoms with Gasteiger partial charge in [0.25, 0.3) is 11.8 Å². The Kier molecular flexibility index (Phi) is 12.4. The number of hydrogen-bond donors (Lipinski definition) is 1. The van der Waals surface area contributed by atoms with Crippen molar-refractivity contribution in [2.45, 2.75) is 96.8 Å². The molecule has 5 aromatic rings. The Morgan fingerprint density at radius 1 is 0.763 bits per heavy atom. The van der Waals surface area contributed by atoms with Crippen LogP contribution in [0, 0.1) is 5.92 Å². The number of nitrogens with zero attached hydrogens (tertiary/aromatic N) is 2. The molecule has 7 rings (SSSR count). The van der Waals surface area contributed by atoms with Crippen LogP contribution in [0.4, 0.5) is 5.69 Å². The molecule has 9 nitrogen and oxygen atoms in total. The van der Waals surface area contributed by atoms with Gasteiger partial charge < -0.3 is 24.2 Å². The zero-order chi connectivity index (χ0) is 41.7. The minimum absolute atomic E-state index is 0.0506. The van der Waals surface area contributed by atoms with Crippen LogP contribution in [0.2, 0.25) is 0 Å². The number of carbonyl (C=O) groups excluding carboxylic acids is 2. The SMILES string of the molecule is CCC(CC)(C1CCCCC1)N1OCc2cc(Oc3ccc(C(C)(C)c4ccc(Oc5ccc(CO)c(C(=O)N(C)c6ccc(OC)cc6)c5)cc4)cc3)ccc2C1=O. The van der Waals surface area contributed by atoms with Crippen LogP contribution in [0.25, 0.3) is 0 Å². The largest absolute Gasteiger partial charge is 0.497 e. The zero-order valence-electron chi connectivity index (χ0n) is 35.1. The summed E-state index contributed by atoms with van der Waals surface area (Å²) in [4.78, 5) is 35.3. The number of hydroxylamine groups is 2. The van der Waals surface area contributed by atoms with Crippen LogP contribution in [-0.2, 0) is 23.5 Å². The third-order valence-electron chi connectivity index (χ3n) is 12.7. The molecule has 0 spiro atoms. The summed E-state index contributed by atoms with van der Waals surface area (Å²) in [6.45, 7) is 8.78. The summed E-state index contributed by atoms with van der Waals surface area (Å²) in [7, 11) is 3.29. The Labute approximate surface area is 348 Å². The minimum atomic E-state index is -0.329. The summed E-state index contributed by atoms with van der Waals surface area (Å²) in [6.07, 6.45) is 7.75. The normalized spacial score (nSPS) is 14.8. The third-order valence-corrected chi connectivity index (χ3v) is 12.7. The number of hydrogen-bond acceptors (Lipinski definition) is 7. The van der Waals surface area contributed by atoms with Crippen LogP contribution in [0.5, 0.6) is 28.7 Å². The fourth-order valence-corrected chi connectivity index (χ4v) is 8.89. The highest BCUT2D eigenvalue weighted by molar-refractivity contribution is 6.07. The molecule has 0 saturated heterocycles. The summed E-state index contributed by atoms with van der Waals surface area (Å²) in [5, 5.41) is 11.8. The second-order valence-corrected chi connectivity index (χ2v) is 16.3. The molecular formula is C50H56N2O7. The number of rotatable bonds is 14. The molecule has 9 heteroatoms.